The Morgan fingerprint density at radius 3 is 2.37 bits per heavy atom. The summed E-state index contributed by atoms with van der Waals surface area (Å²) >= 11 is 1.27. The summed E-state index contributed by atoms with van der Waals surface area (Å²) in [6.07, 6.45) is 0. The van der Waals surface area contributed by atoms with Crippen LogP contribution in [0.3, 0.4) is 0 Å². The van der Waals surface area contributed by atoms with Gasteiger partial charge in [-0.2, -0.15) is 0 Å². The van der Waals surface area contributed by atoms with Gasteiger partial charge in [-0.25, -0.2) is 4.68 Å². The first kappa shape index (κ1) is 27.3. The van der Waals surface area contributed by atoms with Crippen LogP contribution in [0.2, 0.25) is 0 Å². The molecule has 0 radical (unpaired) electrons. The van der Waals surface area contributed by atoms with Crippen molar-refractivity contribution in [3.63, 3.8) is 0 Å². The normalized spacial score (nSPS) is 11.5. The Labute approximate surface area is 226 Å². The molecule has 0 unspecified atom stereocenters. The molecule has 0 aliphatic heterocycles. The number of ether oxygens (including phenoxy) is 1. The minimum absolute atomic E-state index is 0.0802. The van der Waals surface area contributed by atoms with Crippen molar-refractivity contribution in [3.8, 4) is 11.4 Å². The summed E-state index contributed by atoms with van der Waals surface area (Å²) in [4.78, 5) is 25.9. The highest BCUT2D eigenvalue weighted by molar-refractivity contribution is 7.99. The van der Waals surface area contributed by atoms with E-state index in [9.17, 15) is 9.59 Å². The molecule has 1 amide bonds. The Morgan fingerprint density at radius 2 is 1.74 bits per heavy atom. The first-order chi connectivity index (χ1) is 18.1. The molecule has 1 N–H and O–H groups in total. The molecule has 9 nitrogen and oxygen atoms in total. The summed E-state index contributed by atoms with van der Waals surface area (Å²) in [5.41, 5.74) is 2.71. The summed E-state index contributed by atoms with van der Waals surface area (Å²) in [6.45, 7) is 11.2. The van der Waals surface area contributed by atoms with E-state index in [2.05, 4.69) is 48.4 Å². The van der Waals surface area contributed by atoms with Gasteiger partial charge in [0.1, 0.15) is 18.0 Å². The monoisotopic (exact) mass is 534 g/mol. The van der Waals surface area contributed by atoms with Crippen LogP contribution in [-0.4, -0.2) is 35.8 Å². The summed E-state index contributed by atoms with van der Waals surface area (Å²) < 4.78 is 11.1. The molecule has 0 aliphatic rings. The fourth-order valence-electron chi connectivity index (χ4n) is 4.07. The fourth-order valence-corrected chi connectivity index (χ4v) is 4.89. The van der Waals surface area contributed by atoms with Crippen molar-refractivity contribution in [1.29, 1.82) is 0 Å². The number of nitrogens with zero attached hydrogens (tertiary/aromatic N) is 5. The molecule has 38 heavy (non-hydrogen) atoms. The van der Waals surface area contributed by atoms with Gasteiger partial charge in [-0.1, -0.05) is 62.9 Å². The van der Waals surface area contributed by atoms with Crippen molar-refractivity contribution < 1.29 is 9.53 Å². The maximum Gasteiger partial charge on any atom is 0.295 e. The molecule has 0 atom stereocenters. The van der Waals surface area contributed by atoms with Gasteiger partial charge in [0.2, 0.25) is 5.91 Å². The zero-order valence-corrected chi connectivity index (χ0v) is 23.5. The molecule has 0 saturated heterocycles. The van der Waals surface area contributed by atoms with E-state index < -0.39 is 0 Å². The molecule has 200 valence electrons. The topological polar surface area (TPSA) is 96.0 Å². The summed E-state index contributed by atoms with van der Waals surface area (Å²) in [7, 11) is 1.79. The second-order valence-electron chi connectivity index (χ2n) is 9.98. The number of thioether (sulfide) groups is 1. The largest absolute Gasteiger partial charge is 0.486 e. The lowest BCUT2D eigenvalue weighted by Crippen LogP contribution is -2.23. The van der Waals surface area contributed by atoms with Gasteiger partial charge in [-0.3, -0.25) is 14.3 Å². The maximum atomic E-state index is 13.1. The van der Waals surface area contributed by atoms with Crippen LogP contribution >= 0.6 is 11.8 Å². The van der Waals surface area contributed by atoms with E-state index in [1.165, 1.54) is 22.0 Å². The Bertz CT molecular complexity index is 1460. The van der Waals surface area contributed by atoms with Crippen molar-refractivity contribution in [2.24, 2.45) is 7.05 Å². The van der Waals surface area contributed by atoms with Crippen molar-refractivity contribution >= 4 is 23.4 Å². The number of carbonyl (C=O) groups is 1. The molecular formula is C28H34N6O3S. The molecule has 0 aliphatic carbocycles. The number of carbonyl (C=O) groups excluding carboxylic acids is 1. The van der Waals surface area contributed by atoms with E-state index in [0.29, 0.717) is 23.2 Å². The van der Waals surface area contributed by atoms with Gasteiger partial charge in [0, 0.05) is 13.6 Å². The van der Waals surface area contributed by atoms with Crippen LogP contribution in [0.5, 0.6) is 5.75 Å². The Kier molecular flexibility index (Phi) is 8.11. The third kappa shape index (κ3) is 5.85. The van der Waals surface area contributed by atoms with Crippen LogP contribution in [0.1, 0.15) is 44.8 Å². The average molecular weight is 535 g/mol. The number of para-hydroxylation sites is 1. The van der Waals surface area contributed by atoms with Crippen LogP contribution in [0.25, 0.3) is 5.69 Å². The lowest BCUT2D eigenvalue weighted by molar-refractivity contribution is -0.113. The zero-order valence-electron chi connectivity index (χ0n) is 22.7. The number of nitrogens with one attached hydrogen (secondary N) is 1. The summed E-state index contributed by atoms with van der Waals surface area (Å²) in [6, 6.07) is 17.4. The van der Waals surface area contributed by atoms with Crippen LogP contribution in [-0.2, 0) is 30.4 Å². The molecule has 2 heterocycles. The summed E-state index contributed by atoms with van der Waals surface area (Å²) in [5, 5.41) is 12.0. The van der Waals surface area contributed by atoms with Gasteiger partial charge in [-0.05, 0) is 49.1 Å². The quantitative estimate of drug-likeness (QED) is 0.313. The second-order valence-corrected chi connectivity index (χ2v) is 10.9. The zero-order chi connectivity index (χ0) is 27.4. The highest BCUT2D eigenvalue weighted by atomic mass is 32.2. The van der Waals surface area contributed by atoms with Crippen LogP contribution in [0.4, 0.5) is 5.69 Å². The van der Waals surface area contributed by atoms with Crippen molar-refractivity contribution in [1.82, 2.24) is 24.1 Å². The van der Waals surface area contributed by atoms with E-state index >= 15 is 0 Å². The molecule has 0 bridgehead atoms. The number of rotatable bonds is 9. The third-order valence-corrected chi connectivity index (χ3v) is 7.32. The molecular weight excluding hydrogens is 500 g/mol. The van der Waals surface area contributed by atoms with Gasteiger partial charge in [0.15, 0.2) is 11.0 Å². The molecule has 2 aromatic heterocycles. The fraction of sp³-hybridized carbons (Fsp3) is 0.357. The average Bonchev–Trinajstić information content (AvgIpc) is 3.39. The molecule has 4 rings (SSSR count). The van der Waals surface area contributed by atoms with E-state index in [-0.39, 0.29) is 34.9 Å². The minimum atomic E-state index is -0.289. The first-order valence-electron chi connectivity index (χ1n) is 12.5. The predicted molar refractivity (Wildman–Crippen MR) is 150 cm³/mol. The van der Waals surface area contributed by atoms with Gasteiger partial charge in [-0.15, -0.1) is 10.2 Å². The molecule has 0 spiro atoms. The predicted octanol–water partition coefficient (Wildman–Crippen LogP) is 4.70. The van der Waals surface area contributed by atoms with Crippen LogP contribution < -0.4 is 15.6 Å². The van der Waals surface area contributed by atoms with Crippen LogP contribution in [0, 0.1) is 6.92 Å². The minimum Gasteiger partial charge on any atom is -0.486 e. The van der Waals surface area contributed by atoms with E-state index in [0.717, 1.165) is 11.4 Å². The smallest absolute Gasteiger partial charge is 0.295 e. The number of hydrogen-bond acceptors (Lipinski definition) is 6. The Balaban J connectivity index is 1.39. The van der Waals surface area contributed by atoms with Gasteiger partial charge >= 0.3 is 0 Å². The molecule has 2 aromatic carbocycles. The summed E-state index contributed by atoms with van der Waals surface area (Å²) in [5.74, 6) is 1.24. The second kappa shape index (κ2) is 11.3. The van der Waals surface area contributed by atoms with Gasteiger partial charge in [0.25, 0.3) is 5.56 Å². The Hall–Kier alpha value is -3.79. The van der Waals surface area contributed by atoms with Crippen molar-refractivity contribution in [3.05, 3.63) is 82.0 Å². The highest BCUT2D eigenvalue weighted by Gasteiger charge is 2.20. The number of anilines is 1. The third-order valence-electron chi connectivity index (χ3n) is 6.35. The van der Waals surface area contributed by atoms with Gasteiger partial charge < -0.3 is 14.6 Å². The Morgan fingerprint density at radius 1 is 1.05 bits per heavy atom. The molecule has 4 aromatic rings. The number of benzene rings is 2. The highest BCUT2D eigenvalue weighted by Crippen LogP contribution is 2.25. The maximum absolute atomic E-state index is 13.1. The van der Waals surface area contributed by atoms with E-state index in [4.69, 9.17) is 4.74 Å². The molecule has 10 heteroatoms. The van der Waals surface area contributed by atoms with Crippen LogP contribution in [0.15, 0.2) is 64.5 Å². The first-order valence-corrected chi connectivity index (χ1v) is 13.5. The molecule has 0 fully saturated rings. The number of hydrogen-bond donors (Lipinski definition) is 1. The lowest BCUT2D eigenvalue weighted by atomic mass is 9.87. The SMILES string of the molecule is CCn1c(COc2ccc(C(C)(C)C)cc2)nnc1SCC(=O)Nc1c(C)n(C)n(-c2ccccc2)c1=O. The van der Waals surface area contributed by atoms with Crippen molar-refractivity contribution in [2.75, 3.05) is 11.1 Å². The number of aromatic nitrogens is 5. The van der Waals surface area contributed by atoms with E-state index in [1.807, 2.05) is 54.0 Å². The number of amides is 1. The standard InChI is InChI=1S/C28H34N6O3S/c1-7-33-23(17-37-22-15-13-20(14-16-22)28(3,4)5)30-31-27(33)38-18-24(35)29-25-19(2)32(6)34(26(25)36)21-11-9-8-10-12-21/h8-16H,7,17-18H2,1-6H3,(H,29,35). The van der Waals surface area contributed by atoms with E-state index in [1.54, 1.807) is 18.7 Å². The van der Waals surface area contributed by atoms with Crippen molar-refractivity contribution in [2.45, 2.75) is 58.3 Å². The molecule has 0 saturated carbocycles. The van der Waals surface area contributed by atoms with Gasteiger partial charge in [0.05, 0.1) is 17.1 Å². The lowest BCUT2D eigenvalue weighted by Gasteiger charge is -2.19.